The third kappa shape index (κ3) is 3.52. The van der Waals surface area contributed by atoms with Gasteiger partial charge in [-0.3, -0.25) is 4.90 Å². The second-order valence-corrected chi connectivity index (χ2v) is 5.93. The van der Waals surface area contributed by atoms with Gasteiger partial charge in [-0.15, -0.1) is 0 Å². The lowest BCUT2D eigenvalue weighted by atomic mass is 9.94. The van der Waals surface area contributed by atoms with E-state index in [4.69, 9.17) is 5.73 Å². The number of nitrogens with zero attached hydrogens (tertiary/aromatic N) is 1. The van der Waals surface area contributed by atoms with Crippen molar-refractivity contribution < 1.29 is 0 Å². The van der Waals surface area contributed by atoms with Crippen LogP contribution in [0, 0.1) is 0 Å². The van der Waals surface area contributed by atoms with Gasteiger partial charge in [0.25, 0.3) is 0 Å². The molecule has 2 N–H and O–H groups in total. The lowest BCUT2D eigenvalue weighted by Gasteiger charge is -2.37. The molecule has 2 heteroatoms. The van der Waals surface area contributed by atoms with E-state index in [1.165, 1.54) is 30.4 Å². The Morgan fingerprint density at radius 3 is 2.33 bits per heavy atom. The van der Waals surface area contributed by atoms with Gasteiger partial charge >= 0.3 is 0 Å². The molecule has 1 fully saturated rings. The highest BCUT2D eigenvalue weighted by Gasteiger charge is 2.25. The Kier molecular flexibility index (Phi) is 4.69. The Morgan fingerprint density at radius 1 is 0.952 bits per heavy atom. The lowest BCUT2D eigenvalue weighted by molar-refractivity contribution is 0.140. The minimum Gasteiger partial charge on any atom is -0.323 e. The second-order valence-electron chi connectivity index (χ2n) is 5.93. The summed E-state index contributed by atoms with van der Waals surface area (Å²) in [6, 6.07) is 21.9. The second kappa shape index (κ2) is 6.88. The third-order valence-electron chi connectivity index (χ3n) is 4.46. The molecule has 1 saturated heterocycles. The zero-order valence-corrected chi connectivity index (χ0v) is 12.5. The van der Waals surface area contributed by atoms with E-state index < -0.39 is 0 Å². The van der Waals surface area contributed by atoms with E-state index in [1.807, 2.05) is 6.07 Å². The average molecular weight is 280 g/mol. The standard InChI is InChI=1S/C19H24N2/c20-18(16-9-3-1-4-10-16)15-21-14-8-7-13-19(21)17-11-5-2-6-12-17/h1-6,9-12,18-19H,7-8,13-15,20H2. The summed E-state index contributed by atoms with van der Waals surface area (Å²) in [4.78, 5) is 2.57. The van der Waals surface area contributed by atoms with E-state index in [0.29, 0.717) is 6.04 Å². The molecule has 0 saturated carbocycles. The Balaban J connectivity index is 1.73. The van der Waals surface area contributed by atoms with E-state index in [-0.39, 0.29) is 6.04 Å². The van der Waals surface area contributed by atoms with Crippen molar-refractivity contribution in [2.24, 2.45) is 5.73 Å². The van der Waals surface area contributed by atoms with Gasteiger partial charge in [0, 0.05) is 18.6 Å². The maximum absolute atomic E-state index is 6.42. The first-order chi connectivity index (χ1) is 10.3. The van der Waals surface area contributed by atoms with Gasteiger partial charge in [0.05, 0.1) is 0 Å². The van der Waals surface area contributed by atoms with Crippen molar-refractivity contribution in [3.63, 3.8) is 0 Å². The lowest BCUT2D eigenvalue weighted by Crippen LogP contribution is -2.38. The Morgan fingerprint density at radius 2 is 1.62 bits per heavy atom. The molecule has 21 heavy (non-hydrogen) atoms. The van der Waals surface area contributed by atoms with Crippen molar-refractivity contribution in [3.05, 3.63) is 71.8 Å². The first kappa shape index (κ1) is 14.3. The molecule has 0 spiro atoms. The predicted molar refractivity (Wildman–Crippen MR) is 88.0 cm³/mol. The maximum Gasteiger partial charge on any atom is 0.0424 e. The van der Waals surface area contributed by atoms with Gasteiger partial charge in [0.1, 0.15) is 0 Å². The summed E-state index contributed by atoms with van der Waals surface area (Å²) >= 11 is 0. The Labute approximate surface area is 127 Å². The molecule has 0 aromatic heterocycles. The topological polar surface area (TPSA) is 29.3 Å². The molecule has 3 rings (SSSR count). The van der Waals surface area contributed by atoms with E-state index >= 15 is 0 Å². The minimum atomic E-state index is 0.0931. The van der Waals surface area contributed by atoms with Crippen LogP contribution in [0.4, 0.5) is 0 Å². The van der Waals surface area contributed by atoms with Gasteiger partial charge in [0.2, 0.25) is 0 Å². The van der Waals surface area contributed by atoms with Crippen LogP contribution in [-0.4, -0.2) is 18.0 Å². The maximum atomic E-state index is 6.42. The Hall–Kier alpha value is -1.64. The highest BCUT2D eigenvalue weighted by atomic mass is 15.2. The summed E-state index contributed by atoms with van der Waals surface area (Å²) in [5, 5.41) is 0. The number of likely N-dealkylation sites (tertiary alicyclic amines) is 1. The van der Waals surface area contributed by atoms with Crippen LogP contribution in [-0.2, 0) is 0 Å². The zero-order valence-electron chi connectivity index (χ0n) is 12.5. The van der Waals surface area contributed by atoms with Crippen LogP contribution < -0.4 is 5.73 Å². The normalized spacial score (nSPS) is 21.1. The molecular weight excluding hydrogens is 256 g/mol. The smallest absolute Gasteiger partial charge is 0.0424 e. The molecule has 0 bridgehead atoms. The van der Waals surface area contributed by atoms with Crippen LogP contribution in [0.15, 0.2) is 60.7 Å². The van der Waals surface area contributed by atoms with Crippen molar-refractivity contribution in [3.8, 4) is 0 Å². The molecular formula is C19H24N2. The molecule has 0 aliphatic carbocycles. The number of benzene rings is 2. The molecule has 0 amide bonds. The molecule has 1 aliphatic rings. The number of piperidine rings is 1. The SMILES string of the molecule is NC(CN1CCCCC1c1ccccc1)c1ccccc1. The van der Waals surface area contributed by atoms with Crippen LogP contribution >= 0.6 is 0 Å². The van der Waals surface area contributed by atoms with Crippen molar-refractivity contribution in [1.29, 1.82) is 0 Å². The summed E-state index contributed by atoms with van der Waals surface area (Å²) in [6.07, 6.45) is 3.84. The van der Waals surface area contributed by atoms with Gasteiger partial charge in [0.15, 0.2) is 0 Å². The fraction of sp³-hybridized carbons (Fsp3) is 0.368. The number of nitrogens with two attached hydrogens (primary N) is 1. The molecule has 2 atom stereocenters. The highest BCUT2D eigenvalue weighted by Crippen LogP contribution is 2.31. The van der Waals surface area contributed by atoms with Crippen molar-refractivity contribution in [2.75, 3.05) is 13.1 Å². The number of rotatable bonds is 4. The largest absolute Gasteiger partial charge is 0.323 e. The van der Waals surface area contributed by atoms with Crippen molar-refractivity contribution >= 4 is 0 Å². The van der Waals surface area contributed by atoms with E-state index in [0.717, 1.165) is 13.1 Å². The molecule has 0 radical (unpaired) electrons. The van der Waals surface area contributed by atoms with Crippen molar-refractivity contribution in [1.82, 2.24) is 4.90 Å². The summed E-state index contributed by atoms with van der Waals surface area (Å²) in [7, 11) is 0. The molecule has 2 aromatic rings. The third-order valence-corrected chi connectivity index (χ3v) is 4.46. The monoisotopic (exact) mass is 280 g/mol. The number of hydrogen-bond donors (Lipinski definition) is 1. The van der Waals surface area contributed by atoms with Gasteiger partial charge < -0.3 is 5.73 Å². The van der Waals surface area contributed by atoms with Crippen LogP contribution in [0.2, 0.25) is 0 Å². The van der Waals surface area contributed by atoms with E-state index in [1.54, 1.807) is 0 Å². The molecule has 1 heterocycles. The van der Waals surface area contributed by atoms with Crippen LogP contribution in [0.5, 0.6) is 0 Å². The van der Waals surface area contributed by atoms with Gasteiger partial charge in [-0.1, -0.05) is 67.1 Å². The minimum absolute atomic E-state index is 0.0931. The van der Waals surface area contributed by atoms with Crippen LogP contribution in [0.3, 0.4) is 0 Å². The van der Waals surface area contributed by atoms with Crippen LogP contribution in [0.1, 0.15) is 42.5 Å². The molecule has 2 aromatic carbocycles. The highest BCUT2D eigenvalue weighted by molar-refractivity contribution is 5.21. The Bertz CT molecular complexity index is 538. The molecule has 2 nitrogen and oxygen atoms in total. The quantitative estimate of drug-likeness (QED) is 0.920. The molecule has 2 unspecified atom stereocenters. The zero-order chi connectivity index (χ0) is 14.5. The summed E-state index contributed by atoms with van der Waals surface area (Å²) in [5.74, 6) is 0. The average Bonchev–Trinajstić information content (AvgIpc) is 2.57. The predicted octanol–water partition coefficient (Wildman–Crippen LogP) is 3.91. The van der Waals surface area contributed by atoms with Gasteiger partial charge in [-0.25, -0.2) is 0 Å². The summed E-state index contributed by atoms with van der Waals surface area (Å²) in [6.45, 7) is 2.09. The van der Waals surface area contributed by atoms with Gasteiger partial charge in [-0.05, 0) is 30.5 Å². The van der Waals surface area contributed by atoms with E-state index in [9.17, 15) is 0 Å². The summed E-state index contributed by atoms with van der Waals surface area (Å²) in [5.41, 5.74) is 9.08. The molecule has 110 valence electrons. The van der Waals surface area contributed by atoms with Gasteiger partial charge in [-0.2, -0.15) is 0 Å². The first-order valence-corrected chi connectivity index (χ1v) is 7.94. The first-order valence-electron chi connectivity index (χ1n) is 7.94. The van der Waals surface area contributed by atoms with E-state index in [2.05, 4.69) is 59.5 Å². The fourth-order valence-electron chi connectivity index (χ4n) is 3.32. The molecule has 1 aliphatic heterocycles. The fourth-order valence-corrected chi connectivity index (χ4v) is 3.32. The van der Waals surface area contributed by atoms with Crippen molar-refractivity contribution in [2.45, 2.75) is 31.3 Å². The number of hydrogen-bond acceptors (Lipinski definition) is 2. The summed E-state index contributed by atoms with van der Waals surface area (Å²) < 4.78 is 0. The van der Waals surface area contributed by atoms with Crippen LogP contribution in [0.25, 0.3) is 0 Å².